The molecule has 0 amide bonds. The van der Waals surface area contributed by atoms with Crippen LogP contribution in [0.2, 0.25) is 5.02 Å². The summed E-state index contributed by atoms with van der Waals surface area (Å²) in [5.74, 6) is -2.52. The lowest BCUT2D eigenvalue weighted by Gasteiger charge is -2.16. The highest BCUT2D eigenvalue weighted by atomic mass is 35.5. The summed E-state index contributed by atoms with van der Waals surface area (Å²) < 4.78 is 42.4. The number of nitriles is 3. The molecule has 0 bridgehead atoms. The first-order chi connectivity index (χ1) is 13.8. The molecular weight excluding hydrogens is 399 g/mol. The lowest BCUT2D eigenvalue weighted by atomic mass is 9.90. The van der Waals surface area contributed by atoms with E-state index < -0.39 is 23.0 Å². The van der Waals surface area contributed by atoms with Crippen molar-refractivity contribution in [2.45, 2.75) is 6.92 Å². The normalized spacial score (nSPS) is 10.1. The van der Waals surface area contributed by atoms with Crippen molar-refractivity contribution in [3.8, 4) is 40.5 Å². The van der Waals surface area contributed by atoms with Gasteiger partial charge in [-0.05, 0) is 48.4 Å². The molecule has 0 aromatic heterocycles. The Morgan fingerprint density at radius 1 is 0.759 bits per heavy atom. The molecule has 0 unspecified atom stereocenters. The molecule has 0 atom stereocenters. The van der Waals surface area contributed by atoms with Crippen molar-refractivity contribution in [3.05, 3.63) is 81.1 Å². The summed E-state index contributed by atoms with van der Waals surface area (Å²) >= 11 is 6.49. The van der Waals surface area contributed by atoms with E-state index in [9.17, 15) is 18.4 Å². The molecule has 0 aliphatic carbocycles. The predicted molar refractivity (Wildman–Crippen MR) is 101 cm³/mol. The highest BCUT2D eigenvalue weighted by molar-refractivity contribution is 6.36. The Morgan fingerprint density at radius 2 is 1.41 bits per heavy atom. The van der Waals surface area contributed by atoms with Gasteiger partial charge in [-0.3, -0.25) is 0 Å². The standard InChI is InChI=1S/C22H9ClF3N3/c1-11-4-16(15-7-19(25)14(9-28)6-20(15)26)22(23)21(17(11)10-29)12-2-3-18(24)13(5-12)8-27/h2-7H,1H3. The van der Waals surface area contributed by atoms with Crippen molar-refractivity contribution < 1.29 is 13.2 Å². The third kappa shape index (κ3) is 3.41. The van der Waals surface area contributed by atoms with Crippen molar-refractivity contribution in [2.24, 2.45) is 0 Å². The topological polar surface area (TPSA) is 71.4 Å². The monoisotopic (exact) mass is 407 g/mol. The van der Waals surface area contributed by atoms with Crippen LogP contribution in [0, 0.1) is 58.4 Å². The number of halogens is 4. The Kier molecular flexibility index (Phi) is 5.29. The third-order valence-corrected chi connectivity index (χ3v) is 4.81. The van der Waals surface area contributed by atoms with Gasteiger partial charge in [0, 0.05) is 16.7 Å². The zero-order valence-electron chi connectivity index (χ0n) is 14.8. The summed E-state index contributed by atoms with van der Waals surface area (Å²) in [6, 6.07) is 12.0. The Bertz CT molecular complexity index is 1290. The second kappa shape index (κ2) is 7.68. The number of hydrogen-bond donors (Lipinski definition) is 0. The number of rotatable bonds is 2. The van der Waals surface area contributed by atoms with Gasteiger partial charge >= 0.3 is 0 Å². The Morgan fingerprint density at radius 3 is 2.03 bits per heavy atom. The van der Waals surface area contributed by atoms with Crippen molar-refractivity contribution in [3.63, 3.8) is 0 Å². The fourth-order valence-corrected chi connectivity index (χ4v) is 3.37. The van der Waals surface area contributed by atoms with Crippen LogP contribution in [0.4, 0.5) is 13.2 Å². The summed E-state index contributed by atoms with van der Waals surface area (Å²) in [7, 11) is 0. The fourth-order valence-electron chi connectivity index (χ4n) is 3.01. The van der Waals surface area contributed by atoms with Crippen LogP contribution < -0.4 is 0 Å². The zero-order chi connectivity index (χ0) is 21.3. The largest absolute Gasteiger partial charge is 0.206 e. The molecule has 0 spiro atoms. The highest BCUT2D eigenvalue weighted by Gasteiger charge is 2.21. The number of benzene rings is 3. The van der Waals surface area contributed by atoms with Gasteiger partial charge in [0.1, 0.15) is 35.7 Å². The first kappa shape index (κ1) is 20.0. The van der Waals surface area contributed by atoms with Gasteiger partial charge in [0.15, 0.2) is 0 Å². The van der Waals surface area contributed by atoms with Crippen molar-refractivity contribution in [2.75, 3.05) is 0 Å². The lowest BCUT2D eigenvalue weighted by molar-refractivity contribution is 0.600. The van der Waals surface area contributed by atoms with E-state index in [1.165, 1.54) is 18.2 Å². The quantitative estimate of drug-likeness (QED) is 0.521. The molecule has 3 nitrogen and oxygen atoms in total. The predicted octanol–water partition coefficient (Wildman–Crippen LogP) is 6.01. The first-order valence-electron chi connectivity index (χ1n) is 8.15. The first-order valence-corrected chi connectivity index (χ1v) is 8.52. The van der Waals surface area contributed by atoms with Crippen LogP contribution in [0.25, 0.3) is 22.3 Å². The molecule has 0 aliphatic heterocycles. The van der Waals surface area contributed by atoms with E-state index in [1.807, 2.05) is 6.07 Å². The minimum atomic E-state index is -0.919. The smallest absolute Gasteiger partial charge is 0.141 e. The van der Waals surface area contributed by atoms with Crippen LogP contribution in [0.5, 0.6) is 0 Å². The van der Waals surface area contributed by atoms with Gasteiger partial charge in [-0.25, -0.2) is 13.2 Å². The molecular formula is C22H9ClF3N3. The average molecular weight is 408 g/mol. The highest BCUT2D eigenvalue weighted by Crippen LogP contribution is 2.42. The maximum absolute atomic E-state index is 14.6. The van der Waals surface area contributed by atoms with E-state index in [-0.39, 0.29) is 38.4 Å². The van der Waals surface area contributed by atoms with Crippen LogP contribution in [-0.2, 0) is 0 Å². The second-order valence-corrected chi connectivity index (χ2v) is 6.52. The summed E-state index contributed by atoms with van der Waals surface area (Å²) in [5.41, 5.74) is 0.239. The summed E-state index contributed by atoms with van der Waals surface area (Å²) in [6.45, 7) is 1.59. The van der Waals surface area contributed by atoms with Gasteiger partial charge in [0.2, 0.25) is 0 Å². The summed E-state index contributed by atoms with van der Waals surface area (Å²) in [4.78, 5) is 0. The molecule has 0 saturated heterocycles. The Balaban J connectivity index is 2.38. The number of nitrogens with zero attached hydrogens (tertiary/aromatic N) is 3. The molecule has 7 heteroatoms. The lowest BCUT2D eigenvalue weighted by Crippen LogP contribution is -1.98. The number of hydrogen-bond acceptors (Lipinski definition) is 3. The van der Waals surface area contributed by atoms with Gasteiger partial charge in [0.05, 0.1) is 21.7 Å². The minimum Gasteiger partial charge on any atom is -0.206 e. The van der Waals surface area contributed by atoms with Crippen LogP contribution in [0.3, 0.4) is 0 Å². The Labute approximate surface area is 169 Å². The Hall–Kier alpha value is -3.79. The molecule has 3 aromatic carbocycles. The van der Waals surface area contributed by atoms with Gasteiger partial charge in [-0.15, -0.1) is 0 Å². The minimum absolute atomic E-state index is 0.0642. The maximum atomic E-state index is 14.6. The van der Waals surface area contributed by atoms with Crippen LogP contribution in [-0.4, -0.2) is 0 Å². The fraction of sp³-hybridized carbons (Fsp3) is 0.0455. The van der Waals surface area contributed by atoms with Crippen LogP contribution in [0.15, 0.2) is 36.4 Å². The number of aryl methyl sites for hydroxylation is 1. The molecule has 29 heavy (non-hydrogen) atoms. The van der Waals surface area contributed by atoms with Gasteiger partial charge in [-0.1, -0.05) is 17.7 Å². The van der Waals surface area contributed by atoms with Crippen molar-refractivity contribution in [1.29, 1.82) is 15.8 Å². The maximum Gasteiger partial charge on any atom is 0.141 e. The van der Waals surface area contributed by atoms with Crippen LogP contribution in [0.1, 0.15) is 22.3 Å². The van der Waals surface area contributed by atoms with Crippen molar-refractivity contribution in [1.82, 2.24) is 0 Å². The van der Waals surface area contributed by atoms with E-state index in [1.54, 1.807) is 19.1 Å². The van der Waals surface area contributed by atoms with Gasteiger partial charge in [-0.2, -0.15) is 15.8 Å². The third-order valence-electron chi connectivity index (χ3n) is 4.42. The summed E-state index contributed by atoms with van der Waals surface area (Å²) in [6.07, 6.45) is 0. The van der Waals surface area contributed by atoms with Gasteiger partial charge < -0.3 is 0 Å². The molecule has 140 valence electrons. The molecule has 0 aliphatic rings. The molecule has 3 aromatic rings. The molecule has 0 N–H and O–H groups in total. The summed E-state index contributed by atoms with van der Waals surface area (Å²) in [5, 5.41) is 27.5. The van der Waals surface area contributed by atoms with E-state index in [0.717, 1.165) is 18.2 Å². The SMILES string of the molecule is Cc1cc(-c2cc(F)c(C#N)cc2F)c(Cl)c(-c2ccc(F)c(C#N)c2)c1C#N. The molecule has 0 heterocycles. The average Bonchev–Trinajstić information content (AvgIpc) is 2.71. The molecule has 0 saturated carbocycles. The van der Waals surface area contributed by atoms with E-state index in [4.69, 9.17) is 22.1 Å². The van der Waals surface area contributed by atoms with E-state index in [0.29, 0.717) is 5.56 Å². The molecule has 3 rings (SSSR count). The second-order valence-electron chi connectivity index (χ2n) is 6.15. The zero-order valence-corrected chi connectivity index (χ0v) is 15.6. The molecule has 0 radical (unpaired) electrons. The van der Waals surface area contributed by atoms with Crippen LogP contribution >= 0.6 is 11.6 Å². The van der Waals surface area contributed by atoms with Crippen molar-refractivity contribution >= 4 is 11.6 Å². The van der Waals surface area contributed by atoms with Gasteiger partial charge in [0.25, 0.3) is 0 Å². The van der Waals surface area contributed by atoms with E-state index >= 15 is 0 Å². The molecule has 0 fully saturated rings. The van der Waals surface area contributed by atoms with E-state index in [2.05, 4.69) is 0 Å².